The Morgan fingerprint density at radius 2 is 1.97 bits per heavy atom. The fraction of sp³-hybridized carbons (Fsp3) is 0.808. The molecule has 1 aromatic rings. The molecule has 1 aromatic heterocycles. The van der Waals surface area contributed by atoms with Crippen LogP contribution in [-0.4, -0.2) is 43.2 Å². The van der Waals surface area contributed by atoms with Crippen molar-refractivity contribution in [3.63, 3.8) is 0 Å². The van der Waals surface area contributed by atoms with Gasteiger partial charge < -0.3 is 10.2 Å². The molecule has 4 saturated carbocycles. The molecule has 0 aliphatic heterocycles. The molecule has 0 bridgehead atoms. The molecule has 0 saturated heterocycles. The first-order chi connectivity index (χ1) is 15.4. The molecule has 2 N–H and O–H groups in total. The van der Waals surface area contributed by atoms with Gasteiger partial charge in [-0.1, -0.05) is 24.0 Å². The Hall–Kier alpha value is -1.71. The molecular weight excluding hydrogens is 402 g/mol. The number of fused-ring (bicyclic) bond motifs is 5. The largest absolute Gasteiger partial charge is 0.395 e. The molecular formula is C26H37N3O3. The number of ketones is 1. The SMILES string of the molecule is C[C@]12CCC3[C@H]4CC[C@](O)(C#CCCO)C[C@H]4CC[C@H]3[C@@H]1CC[C@@H]2C(=O)Cn1ccnn1. The quantitative estimate of drug-likeness (QED) is 0.703. The first-order valence-corrected chi connectivity index (χ1v) is 12.6. The van der Waals surface area contributed by atoms with Gasteiger partial charge >= 0.3 is 0 Å². The van der Waals surface area contributed by atoms with Gasteiger partial charge in [-0.25, -0.2) is 4.68 Å². The van der Waals surface area contributed by atoms with E-state index in [0.29, 0.717) is 36.5 Å². The number of aliphatic hydroxyl groups is 2. The van der Waals surface area contributed by atoms with Gasteiger partial charge in [-0.05, 0) is 92.8 Å². The Balaban J connectivity index is 1.27. The summed E-state index contributed by atoms with van der Waals surface area (Å²) in [7, 11) is 0. The first kappa shape index (κ1) is 22.1. The van der Waals surface area contributed by atoms with Crippen molar-refractivity contribution < 1.29 is 15.0 Å². The molecule has 6 nitrogen and oxygen atoms in total. The average molecular weight is 440 g/mol. The van der Waals surface area contributed by atoms with Crippen molar-refractivity contribution >= 4 is 5.78 Å². The van der Waals surface area contributed by atoms with E-state index in [-0.39, 0.29) is 17.9 Å². The Labute approximate surface area is 191 Å². The number of nitrogens with zero attached hydrogens (tertiary/aromatic N) is 3. The lowest BCUT2D eigenvalue weighted by Gasteiger charge is -2.56. The predicted molar refractivity (Wildman–Crippen MR) is 120 cm³/mol. The van der Waals surface area contributed by atoms with Crippen LogP contribution >= 0.6 is 0 Å². The Bertz CT molecular complexity index is 890. The lowest BCUT2D eigenvalue weighted by molar-refractivity contribution is -0.132. The van der Waals surface area contributed by atoms with Crippen LogP contribution in [0.1, 0.15) is 71.1 Å². The maximum absolute atomic E-state index is 13.2. The summed E-state index contributed by atoms with van der Waals surface area (Å²) in [5.41, 5.74) is -0.741. The van der Waals surface area contributed by atoms with E-state index < -0.39 is 5.60 Å². The van der Waals surface area contributed by atoms with Crippen LogP contribution in [0.15, 0.2) is 12.4 Å². The number of hydrogen-bond acceptors (Lipinski definition) is 5. The molecule has 4 aliphatic carbocycles. The van der Waals surface area contributed by atoms with E-state index in [2.05, 4.69) is 29.1 Å². The van der Waals surface area contributed by atoms with E-state index in [1.165, 1.54) is 25.7 Å². The zero-order valence-electron chi connectivity index (χ0n) is 19.2. The molecule has 1 heterocycles. The highest BCUT2D eigenvalue weighted by Crippen LogP contribution is 2.64. The monoisotopic (exact) mass is 439 g/mol. The van der Waals surface area contributed by atoms with E-state index in [1.54, 1.807) is 17.1 Å². The topological polar surface area (TPSA) is 88.2 Å². The lowest BCUT2D eigenvalue weighted by atomic mass is 9.49. The number of carbonyl (C=O) groups excluding carboxylic acids is 1. The molecule has 1 unspecified atom stereocenters. The summed E-state index contributed by atoms with van der Waals surface area (Å²) >= 11 is 0. The zero-order chi connectivity index (χ0) is 22.3. The highest BCUT2D eigenvalue weighted by atomic mass is 16.3. The molecule has 32 heavy (non-hydrogen) atoms. The Morgan fingerprint density at radius 1 is 1.12 bits per heavy atom. The molecule has 4 aliphatic rings. The van der Waals surface area contributed by atoms with Gasteiger partial charge in [-0.2, -0.15) is 0 Å². The minimum absolute atomic E-state index is 0.0569. The molecule has 0 amide bonds. The third kappa shape index (κ3) is 3.82. The fourth-order valence-electron chi connectivity index (χ4n) is 8.39. The van der Waals surface area contributed by atoms with Gasteiger partial charge in [-0.15, -0.1) is 5.10 Å². The van der Waals surface area contributed by atoms with Gasteiger partial charge in [0.15, 0.2) is 5.78 Å². The Morgan fingerprint density at radius 3 is 2.75 bits per heavy atom. The number of rotatable bonds is 4. The summed E-state index contributed by atoms with van der Waals surface area (Å²) in [6.45, 7) is 2.80. The van der Waals surface area contributed by atoms with E-state index in [1.807, 2.05) is 0 Å². The van der Waals surface area contributed by atoms with Crippen LogP contribution < -0.4 is 0 Å². The summed E-state index contributed by atoms with van der Waals surface area (Å²) in [6, 6.07) is 0. The molecule has 0 spiro atoms. The van der Waals surface area contributed by atoms with Crippen LogP contribution in [0.3, 0.4) is 0 Å². The normalized spacial score (nSPS) is 42.8. The second-order valence-electron chi connectivity index (χ2n) is 11.2. The van der Waals surface area contributed by atoms with E-state index in [9.17, 15) is 9.90 Å². The maximum atomic E-state index is 13.2. The second-order valence-corrected chi connectivity index (χ2v) is 11.2. The third-order valence-electron chi connectivity index (χ3n) is 9.75. The number of carbonyl (C=O) groups is 1. The lowest BCUT2D eigenvalue weighted by Crippen LogP contribution is -2.51. The minimum atomic E-state index is -0.863. The summed E-state index contributed by atoms with van der Waals surface area (Å²) in [5, 5.41) is 27.9. The van der Waals surface area contributed by atoms with Gasteiger partial charge in [0.1, 0.15) is 12.1 Å². The zero-order valence-corrected chi connectivity index (χ0v) is 19.2. The van der Waals surface area contributed by atoms with Crippen LogP contribution in [0.4, 0.5) is 0 Å². The van der Waals surface area contributed by atoms with Crippen molar-refractivity contribution in [2.24, 2.45) is 40.9 Å². The van der Waals surface area contributed by atoms with Crippen LogP contribution in [-0.2, 0) is 11.3 Å². The van der Waals surface area contributed by atoms with Crippen molar-refractivity contribution in [1.82, 2.24) is 15.0 Å². The van der Waals surface area contributed by atoms with Gasteiger partial charge in [0.25, 0.3) is 0 Å². The van der Waals surface area contributed by atoms with Crippen LogP contribution in [0.25, 0.3) is 0 Å². The smallest absolute Gasteiger partial charge is 0.157 e. The van der Waals surface area contributed by atoms with Crippen molar-refractivity contribution in [2.75, 3.05) is 6.61 Å². The van der Waals surface area contributed by atoms with Gasteiger partial charge in [-0.3, -0.25) is 4.79 Å². The van der Waals surface area contributed by atoms with Crippen molar-refractivity contribution in [1.29, 1.82) is 0 Å². The maximum Gasteiger partial charge on any atom is 0.157 e. The molecule has 5 rings (SSSR count). The fourth-order valence-corrected chi connectivity index (χ4v) is 8.39. The van der Waals surface area contributed by atoms with Gasteiger partial charge in [0, 0.05) is 18.5 Å². The standard InChI is InChI=1S/C26H37N3O3/c1-25-11-8-20-19-9-12-26(32,10-2-3-15-30)16-18(19)4-5-21(20)22(25)6-7-23(25)24(31)17-29-14-13-27-28-29/h13-14,18-23,30,32H,3-9,11-12,15-17H2,1H3/t18-,19+,20?,21-,22+,23-,25+,26-/m1/s1. The minimum Gasteiger partial charge on any atom is -0.395 e. The number of aliphatic hydroxyl groups excluding tert-OH is 1. The van der Waals surface area contributed by atoms with E-state index in [0.717, 1.165) is 43.9 Å². The summed E-state index contributed by atoms with van der Waals surface area (Å²) in [5.74, 6) is 9.91. The number of Topliss-reactive ketones (excluding diaryl/α,β-unsaturated/α-hetero) is 1. The molecule has 6 heteroatoms. The number of hydrogen-bond donors (Lipinski definition) is 2. The third-order valence-corrected chi connectivity index (χ3v) is 9.75. The van der Waals surface area contributed by atoms with Crippen LogP contribution in [0.5, 0.6) is 0 Å². The molecule has 0 radical (unpaired) electrons. The van der Waals surface area contributed by atoms with Gasteiger partial charge in [0.05, 0.1) is 12.8 Å². The van der Waals surface area contributed by atoms with E-state index in [4.69, 9.17) is 5.11 Å². The Kier molecular flexibility index (Phi) is 5.92. The highest BCUT2D eigenvalue weighted by Gasteiger charge is 2.58. The van der Waals surface area contributed by atoms with Gasteiger partial charge in [0.2, 0.25) is 0 Å². The van der Waals surface area contributed by atoms with Crippen molar-refractivity contribution in [3.05, 3.63) is 12.4 Å². The summed E-state index contributed by atoms with van der Waals surface area (Å²) in [4.78, 5) is 13.2. The molecule has 174 valence electrons. The highest BCUT2D eigenvalue weighted by molar-refractivity contribution is 5.82. The van der Waals surface area contributed by atoms with Crippen molar-refractivity contribution in [2.45, 2.75) is 83.3 Å². The molecule has 4 fully saturated rings. The van der Waals surface area contributed by atoms with Crippen LogP contribution in [0, 0.1) is 52.8 Å². The molecule has 8 atom stereocenters. The van der Waals surface area contributed by atoms with Crippen molar-refractivity contribution in [3.8, 4) is 11.8 Å². The predicted octanol–water partition coefficient (Wildman–Crippen LogP) is 3.23. The number of aromatic nitrogens is 3. The average Bonchev–Trinajstić information content (AvgIpc) is 3.40. The van der Waals surface area contributed by atoms with Crippen LogP contribution in [0.2, 0.25) is 0 Å². The summed E-state index contributed by atoms with van der Waals surface area (Å²) < 4.78 is 1.67. The summed E-state index contributed by atoms with van der Waals surface area (Å²) in [6.07, 6.45) is 13.5. The van der Waals surface area contributed by atoms with E-state index >= 15 is 0 Å². The first-order valence-electron chi connectivity index (χ1n) is 12.6. The molecule has 0 aromatic carbocycles. The second kappa shape index (κ2) is 8.57.